The highest BCUT2D eigenvalue weighted by Crippen LogP contribution is 2.62. The van der Waals surface area contributed by atoms with Crippen LogP contribution in [0.25, 0.3) is 0 Å². The number of aromatic amines is 1. The van der Waals surface area contributed by atoms with Gasteiger partial charge in [0.2, 0.25) is 0 Å². The standard InChI is InChI=1S/C31H43NO8/c1-7-18-21-12-11-19-24-25(33)20(15-36-5)27(39-30(35)22-10-9-13-32-22)28(19)40-31(21,24)17(4)14-16(3)26(38-29(18)34)23(8-2)37-6/h9-14,16,18-21,23-28,32-33H,7-8,15H2,1-6H3/b17-14+/t16-,18-,19-,20-,21-,23-,24+,25-,26+,27-,28-,31+/m1/s1. The van der Waals surface area contributed by atoms with Crippen molar-refractivity contribution >= 4 is 11.9 Å². The molecule has 9 heteroatoms. The second kappa shape index (κ2) is 11.4. The number of hydrogen-bond donors (Lipinski definition) is 2. The van der Waals surface area contributed by atoms with Crippen molar-refractivity contribution in [2.45, 2.75) is 76.7 Å². The van der Waals surface area contributed by atoms with Gasteiger partial charge in [0.15, 0.2) is 0 Å². The number of esters is 2. The van der Waals surface area contributed by atoms with Gasteiger partial charge in [0.25, 0.3) is 0 Å². The van der Waals surface area contributed by atoms with E-state index in [1.54, 1.807) is 32.5 Å². The van der Waals surface area contributed by atoms with Crippen molar-refractivity contribution in [3.8, 4) is 0 Å². The molecule has 2 aliphatic heterocycles. The minimum Gasteiger partial charge on any atom is -0.459 e. The normalized spacial score (nSPS) is 42.5. The molecule has 2 aliphatic carbocycles. The van der Waals surface area contributed by atoms with Crippen LogP contribution in [0.4, 0.5) is 0 Å². The number of rotatable bonds is 8. The molecule has 220 valence electrons. The molecule has 40 heavy (non-hydrogen) atoms. The SMILES string of the molecule is CC[C@@H](OC)[C@H]1OC(=O)[C@H](CC)[C@H]2C=C[C@H]3[C@H]4O[C@]2(/C(C)=C/[C@H]1C)[C@@H]3[C@H](O)[C@@H](COC)[C@H]4OC(=O)c1ccc[nH]1. The zero-order valence-electron chi connectivity index (χ0n) is 24.2. The Morgan fingerprint density at radius 1 is 1.25 bits per heavy atom. The molecule has 0 amide bonds. The van der Waals surface area contributed by atoms with Crippen molar-refractivity contribution in [1.82, 2.24) is 4.98 Å². The smallest absolute Gasteiger partial charge is 0.355 e. The number of hydrogen-bond acceptors (Lipinski definition) is 8. The fourth-order valence-corrected chi connectivity index (χ4v) is 7.96. The number of H-pyrrole nitrogens is 1. The number of methoxy groups -OCH3 is 2. The predicted molar refractivity (Wildman–Crippen MR) is 146 cm³/mol. The number of aliphatic hydroxyl groups is 1. The molecule has 2 fully saturated rings. The van der Waals surface area contributed by atoms with Crippen molar-refractivity contribution in [2.75, 3.05) is 20.8 Å². The highest BCUT2D eigenvalue weighted by atomic mass is 16.6. The molecule has 1 saturated carbocycles. The Morgan fingerprint density at radius 3 is 2.65 bits per heavy atom. The lowest BCUT2D eigenvalue weighted by molar-refractivity contribution is -0.170. The third-order valence-corrected chi connectivity index (χ3v) is 9.78. The monoisotopic (exact) mass is 557 g/mol. The maximum Gasteiger partial charge on any atom is 0.355 e. The summed E-state index contributed by atoms with van der Waals surface area (Å²) in [5, 5.41) is 12.0. The van der Waals surface area contributed by atoms with Crippen molar-refractivity contribution in [3.05, 3.63) is 47.8 Å². The molecule has 5 rings (SSSR count). The first kappa shape index (κ1) is 29.0. The molecule has 1 aromatic heterocycles. The van der Waals surface area contributed by atoms with Crippen LogP contribution in [0.3, 0.4) is 0 Å². The van der Waals surface area contributed by atoms with Gasteiger partial charge in [-0.25, -0.2) is 4.79 Å². The Kier molecular flexibility index (Phi) is 8.30. The van der Waals surface area contributed by atoms with Gasteiger partial charge in [-0.05, 0) is 37.5 Å². The van der Waals surface area contributed by atoms with Gasteiger partial charge in [-0.3, -0.25) is 4.79 Å². The van der Waals surface area contributed by atoms with E-state index < -0.39 is 47.8 Å². The first-order chi connectivity index (χ1) is 19.2. The third-order valence-electron chi connectivity index (χ3n) is 9.78. The molecule has 0 unspecified atom stereocenters. The van der Waals surface area contributed by atoms with E-state index in [0.29, 0.717) is 18.5 Å². The van der Waals surface area contributed by atoms with E-state index in [2.05, 4.69) is 23.2 Å². The largest absolute Gasteiger partial charge is 0.459 e. The molecule has 2 N–H and O–H groups in total. The second-order valence-corrected chi connectivity index (χ2v) is 11.8. The van der Waals surface area contributed by atoms with E-state index in [0.717, 1.165) is 5.57 Å². The van der Waals surface area contributed by atoms with Crippen LogP contribution in [0, 0.1) is 35.5 Å². The molecular weight excluding hydrogens is 514 g/mol. The first-order valence-corrected chi connectivity index (χ1v) is 14.5. The molecule has 0 aromatic carbocycles. The summed E-state index contributed by atoms with van der Waals surface area (Å²) >= 11 is 0. The topological polar surface area (TPSA) is 116 Å². The number of carbonyl (C=O) groups is 2. The Labute approximate surface area is 236 Å². The molecule has 9 nitrogen and oxygen atoms in total. The Bertz CT molecular complexity index is 1130. The van der Waals surface area contributed by atoms with Crippen molar-refractivity contribution in [2.24, 2.45) is 35.5 Å². The van der Waals surface area contributed by atoms with Crippen LogP contribution in [0.5, 0.6) is 0 Å². The van der Waals surface area contributed by atoms with Gasteiger partial charge < -0.3 is 33.8 Å². The summed E-state index contributed by atoms with van der Waals surface area (Å²) < 4.78 is 30.6. The Hall–Kier alpha value is -2.46. The van der Waals surface area contributed by atoms with Gasteiger partial charge in [0, 0.05) is 50.0 Å². The lowest BCUT2D eigenvalue weighted by atomic mass is 9.56. The number of carbonyl (C=O) groups excluding carboxylic acids is 2. The van der Waals surface area contributed by atoms with Gasteiger partial charge in [-0.1, -0.05) is 39.0 Å². The van der Waals surface area contributed by atoms with Crippen LogP contribution in [0.1, 0.15) is 51.0 Å². The molecule has 1 aromatic rings. The van der Waals surface area contributed by atoms with Gasteiger partial charge in [0.1, 0.15) is 29.6 Å². The van der Waals surface area contributed by atoms with Gasteiger partial charge in [-0.15, -0.1) is 0 Å². The van der Waals surface area contributed by atoms with E-state index >= 15 is 0 Å². The number of aromatic nitrogens is 1. The molecule has 0 radical (unpaired) electrons. The minimum absolute atomic E-state index is 0.152. The van der Waals surface area contributed by atoms with Crippen molar-refractivity contribution < 1.29 is 38.4 Å². The van der Waals surface area contributed by atoms with Crippen LogP contribution in [-0.4, -0.2) is 79.0 Å². The van der Waals surface area contributed by atoms with E-state index in [-0.39, 0.29) is 42.4 Å². The quantitative estimate of drug-likeness (QED) is 0.367. The highest BCUT2D eigenvalue weighted by Gasteiger charge is 2.70. The van der Waals surface area contributed by atoms with Gasteiger partial charge >= 0.3 is 11.9 Å². The van der Waals surface area contributed by atoms with E-state index in [9.17, 15) is 14.7 Å². The van der Waals surface area contributed by atoms with E-state index in [1.165, 1.54) is 0 Å². The summed E-state index contributed by atoms with van der Waals surface area (Å²) in [6.07, 6.45) is 6.29. The molecule has 3 heterocycles. The maximum atomic E-state index is 13.8. The fourth-order valence-electron chi connectivity index (χ4n) is 7.96. The maximum absolute atomic E-state index is 13.8. The number of nitrogens with one attached hydrogen (secondary N) is 1. The van der Waals surface area contributed by atoms with Crippen molar-refractivity contribution in [1.29, 1.82) is 0 Å². The third kappa shape index (κ3) is 4.46. The summed E-state index contributed by atoms with van der Waals surface area (Å²) in [5.41, 5.74) is 0.308. The van der Waals surface area contributed by atoms with Crippen LogP contribution in [0.2, 0.25) is 0 Å². The molecule has 4 bridgehead atoms. The van der Waals surface area contributed by atoms with Crippen molar-refractivity contribution in [3.63, 3.8) is 0 Å². The number of cyclic esters (lactones) is 1. The molecule has 1 spiro atoms. The summed E-state index contributed by atoms with van der Waals surface area (Å²) in [5.74, 6) is -2.85. The van der Waals surface area contributed by atoms with Crippen LogP contribution < -0.4 is 0 Å². The summed E-state index contributed by atoms with van der Waals surface area (Å²) in [6, 6.07) is 3.39. The second-order valence-electron chi connectivity index (χ2n) is 11.8. The summed E-state index contributed by atoms with van der Waals surface area (Å²) in [6.45, 7) is 8.26. The van der Waals surface area contributed by atoms with E-state index in [1.807, 2.05) is 27.7 Å². The summed E-state index contributed by atoms with van der Waals surface area (Å²) in [7, 11) is 3.22. The van der Waals surface area contributed by atoms with Gasteiger partial charge in [-0.2, -0.15) is 0 Å². The zero-order chi connectivity index (χ0) is 28.8. The van der Waals surface area contributed by atoms with Crippen LogP contribution in [-0.2, 0) is 28.5 Å². The Morgan fingerprint density at radius 2 is 2.02 bits per heavy atom. The molecule has 12 atom stereocenters. The summed E-state index contributed by atoms with van der Waals surface area (Å²) in [4.78, 5) is 29.8. The lowest BCUT2D eigenvalue weighted by Gasteiger charge is -2.49. The van der Waals surface area contributed by atoms with Crippen LogP contribution >= 0.6 is 0 Å². The first-order valence-electron chi connectivity index (χ1n) is 14.5. The minimum atomic E-state index is -0.972. The molecule has 4 aliphatic rings. The predicted octanol–water partition coefficient (Wildman–Crippen LogP) is 3.69. The lowest BCUT2D eigenvalue weighted by Crippen LogP contribution is -2.59. The molecular formula is C31H43NO8. The number of aliphatic hydroxyl groups excluding tert-OH is 1. The molecule has 1 saturated heterocycles. The zero-order valence-corrected chi connectivity index (χ0v) is 24.2. The average Bonchev–Trinajstić information content (AvgIpc) is 3.54. The fraction of sp³-hybridized carbons (Fsp3) is 0.677. The van der Waals surface area contributed by atoms with Gasteiger partial charge in [0.05, 0.1) is 24.7 Å². The van der Waals surface area contributed by atoms with E-state index in [4.69, 9.17) is 23.7 Å². The number of ether oxygens (including phenoxy) is 5. The Balaban J connectivity index is 1.61. The average molecular weight is 558 g/mol. The highest BCUT2D eigenvalue weighted by molar-refractivity contribution is 5.87. The van der Waals surface area contributed by atoms with Crippen LogP contribution in [0.15, 0.2) is 42.1 Å².